The van der Waals surface area contributed by atoms with Crippen molar-refractivity contribution in [3.63, 3.8) is 0 Å². The highest BCUT2D eigenvalue weighted by Gasteiger charge is 2.04. The summed E-state index contributed by atoms with van der Waals surface area (Å²) < 4.78 is 5.36. The fourth-order valence-corrected chi connectivity index (χ4v) is 1.32. The lowest BCUT2D eigenvalue weighted by atomic mass is 10.1. The van der Waals surface area contributed by atoms with E-state index in [-0.39, 0.29) is 6.61 Å². The Hall–Kier alpha value is -0.700. The van der Waals surface area contributed by atoms with Crippen LogP contribution in [0, 0.1) is 0 Å². The molecular weight excluding hydrogens is 247 g/mol. The van der Waals surface area contributed by atoms with Gasteiger partial charge in [-0.2, -0.15) is 0 Å². The molecule has 1 atom stereocenters. The van der Waals surface area contributed by atoms with E-state index in [1.165, 1.54) is 5.54 Å². The molecule has 4 heteroatoms. The molecule has 1 aromatic carbocycles. The van der Waals surface area contributed by atoms with Crippen LogP contribution < -0.4 is 4.74 Å². The second-order valence-corrected chi connectivity index (χ2v) is 4.04. The zero-order valence-corrected chi connectivity index (χ0v) is 10.5. The monoisotopic (exact) mass is 260 g/mol. The van der Waals surface area contributed by atoms with Gasteiger partial charge >= 0.3 is 0 Å². The maximum absolute atomic E-state index is 9.59. The number of hydrogen-bond acceptors (Lipinski definition) is 2. The lowest BCUT2D eigenvalue weighted by molar-refractivity contribution is 0.173. The largest absolute Gasteiger partial charge is 0.488 e. The summed E-state index contributed by atoms with van der Waals surface area (Å²) >= 11 is 11.1. The minimum atomic E-state index is -0.416. The van der Waals surface area contributed by atoms with Gasteiger partial charge in [-0.3, -0.25) is 0 Å². The molecule has 0 fully saturated rings. The summed E-state index contributed by atoms with van der Waals surface area (Å²) in [5, 5.41) is 10.0. The Kier molecular flexibility index (Phi) is 5.67. The number of rotatable bonds is 5. The molecule has 1 aromatic rings. The topological polar surface area (TPSA) is 29.5 Å². The molecule has 2 nitrogen and oxygen atoms in total. The lowest BCUT2D eigenvalue weighted by Gasteiger charge is -2.09. The maximum atomic E-state index is 9.59. The van der Waals surface area contributed by atoms with Gasteiger partial charge in [-0.15, -0.1) is 0 Å². The van der Waals surface area contributed by atoms with Crippen LogP contribution in [0.15, 0.2) is 34.8 Å². The zero-order valence-electron chi connectivity index (χ0n) is 8.99. The smallest absolute Gasteiger partial charge is 0.125 e. The number of benzene rings is 1. The number of ether oxygens (including phenoxy) is 1. The van der Waals surface area contributed by atoms with Crippen molar-refractivity contribution in [3.05, 3.63) is 40.4 Å². The first-order valence-electron chi connectivity index (χ1n) is 5.03. The molecule has 1 unspecified atom stereocenters. The standard InChI is InChI=1S/C12H14Cl2O2/c1-2-12(15)9-3-5-11(6-4-9)16-8-10(14)7-13/h3-7,12,15H,2,8H2,1H3/b10-7-. The van der Waals surface area contributed by atoms with Crippen LogP contribution in [0.1, 0.15) is 25.0 Å². The fraction of sp³-hybridized carbons (Fsp3) is 0.333. The average Bonchev–Trinajstić information content (AvgIpc) is 2.35. The maximum Gasteiger partial charge on any atom is 0.125 e. The molecule has 0 aliphatic carbocycles. The van der Waals surface area contributed by atoms with E-state index in [4.69, 9.17) is 27.9 Å². The van der Waals surface area contributed by atoms with E-state index < -0.39 is 6.10 Å². The van der Waals surface area contributed by atoms with E-state index in [9.17, 15) is 5.11 Å². The van der Waals surface area contributed by atoms with Crippen LogP contribution in [-0.4, -0.2) is 11.7 Å². The zero-order chi connectivity index (χ0) is 12.0. The van der Waals surface area contributed by atoms with Gasteiger partial charge in [0.2, 0.25) is 0 Å². The molecule has 0 saturated heterocycles. The first kappa shape index (κ1) is 13.4. The molecule has 88 valence electrons. The molecule has 16 heavy (non-hydrogen) atoms. The quantitative estimate of drug-likeness (QED) is 0.872. The number of halogens is 2. The minimum absolute atomic E-state index is 0.251. The molecule has 0 aromatic heterocycles. The van der Waals surface area contributed by atoms with Crippen LogP contribution in [0.3, 0.4) is 0 Å². The molecule has 0 aliphatic rings. The van der Waals surface area contributed by atoms with Crippen molar-refractivity contribution < 1.29 is 9.84 Å². The van der Waals surface area contributed by atoms with Crippen LogP contribution in [0.5, 0.6) is 5.75 Å². The normalized spacial score (nSPS) is 13.6. The molecule has 1 N–H and O–H groups in total. The first-order chi connectivity index (χ1) is 7.67. The van der Waals surface area contributed by atoms with Gasteiger partial charge in [-0.05, 0) is 24.1 Å². The van der Waals surface area contributed by atoms with Gasteiger partial charge in [0.15, 0.2) is 0 Å². The van der Waals surface area contributed by atoms with Crippen molar-refractivity contribution in [2.24, 2.45) is 0 Å². The van der Waals surface area contributed by atoms with Gasteiger partial charge in [0, 0.05) is 5.54 Å². The average molecular weight is 261 g/mol. The van der Waals surface area contributed by atoms with Gasteiger partial charge < -0.3 is 9.84 Å². The number of hydrogen-bond donors (Lipinski definition) is 1. The van der Waals surface area contributed by atoms with Gasteiger partial charge in [-0.1, -0.05) is 42.3 Å². The molecule has 1 rings (SSSR count). The summed E-state index contributed by atoms with van der Waals surface area (Å²) in [7, 11) is 0. The molecule has 0 heterocycles. The predicted molar refractivity (Wildman–Crippen MR) is 67.0 cm³/mol. The molecule has 0 radical (unpaired) electrons. The highest BCUT2D eigenvalue weighted by Crippen LogP contribution is 2.20. The van der Waals surface area contributed by atoms with E-state index >= 15 is 0 Å². The highest BCUT2D eigenvalue weighted by atomic mass is 35.5. The Morgan fingerprint density at radius 1 is 1.44 bits per heavy atom. The summed E-state index contributed by atoms with van der Waals surface area (Å²) in [6, 6.07) is 7.27. The molecule has 0 bridgehead atoms. The van der Waals surface area contributed by atoms with Crippen molar-refractivity contribution in [1.29, 1.82) is 0 Å². The Labute approximate surface area is 105 Å². The highest BCUT2D eigenvalue weighted by molar-refractivity contribution is 6.36. The van der Waals surface area contributed by atoms with E-state index in [1.807, 2.05) is 19.1 Å². The van der Waals surface area contributed by atoms with Crippen molar-refractivity contribution in [2.75, 3.05) is 6.61 Å². The third-order valence-electron chi connectivity index (χ3n) is 2.15. The number of aliphatic hydroxyl groups excluding tert-OH is 1. The third kappa shape index (κ3) is 4.05. The van der Waals surface area contributed by atoms with Crippen molar-refractivity contribution in [3.8, 4) is 5.75 Å². The molecule has 0 saturated carbocycles. The van der Waals surface area contributed by atoms with Gasteiger partial charge in [0.25, 0.3) is 0 Å². The molecule has 0 amide bonds. The van der Waals surface area contributed by atoms with Crippen LogP contribution in [0.2, 0.25) is 0 Å². The summed E-state index contributed by atoms with van der Waals surface area (Å²) in [4.78, 5) is 0. The van der Waals surface area contributed by atoms with Crippen molar-refractivity contribution in [2.45, 2.75) is 19.4 Å². The van der Waals surface area contributed by atoms with Crippen LogP contribution in [0.4, 0.5) is 0 Å². The SMILES string of the molecule is CCC(O)c1ccc(OC/C(Cl)=C/Cl)cc1. The van der Waals surface area contributed by atoms with Crippen molar-refractivity contribution in [1.82, 2.24) is 0 Å². The van der Waals surface area contributed by atoms with Crippen molar-refractivity contribution >= 4 is 23.2 Å². The minimum Gasteiger partial charge on any atom is -0.488 e. The summed E-state index contributed by atoms with van der Waals surface area (Å²) in [6.07, 6.45) is 0.279. The van der Waals surface area contributed by atoms with Gasteiger partial charge in [0.1, 0.15) is 12.4 Å². The number of aliphatic hydroxyl groups is 1. The second kappa shape index (κ2) is 6.79. The van der Waals surface area contributed by atoms with E-state index in [1.54, 1.807) is 12.1 Å². The van der Waals surface area contributed by atoms with E-state index in [0.717, 1.165) is 5.56 Å². The Bertz CT molecular complexity index is 347. The lowest BCUT2D eigenvalue weighted by Crippen LogP contribution is -1.98. The second-order valence-electron chi connectivity index (χ2n) is 3.34. The molecular formula is C12H14Cl2O2. The molecule has 0 spiro atoms. The predicted octanol–water partition coefficient (Wildman–Crippen LogP) is 3.83. The summed E-state index contributed by atoms with van der Waals surface area (Å²) in [5.74, 6) is 0.698. The van der Waals surface area contributed by atoms with Gasteiger partial charge in [-0.25, -0.2) is 0 Å². The van der Waals surface area contributed by atoms with Gasteiger partial charge in [0.05, 0.1) is 11.1 Å². The Morgan fingerprint density at radius 2 is 2.06 bits per heavy atom. The van der Waals surface area contributed by atoms with E-state index in [0.29, 0.717) is 17.2 Å². The third-order valence-corrected chi connectivity index (χ3v) is 2.74. The summed E-state index contributed by atoms with van der Waals surface area (Å²) in [5.41, 5.74) is 2.16. The van der Waals surface area contributed by atoms with E-state index in [2.05, 4.69) is 0 Å². The molecule has 0 aliphatic heterocycles. The van der Waals surface area contributed by atoms with Crippen LogP contribution in [-0.2, 0) is 0 Å². The fourth-order valence-electron chi connectivity index (χ4n) is 1.21. The van der Waals surface area contributed by atoms with Crippen LogP contribution in [0.25, 0.3) is 0 Å². The Balaban J connectivity index is 2.58. The Morgan fingerprint density at radius 3 is 2.56 bits per heavy atom. The first-order valence-corrected chi connectivity index (χ1v) is 5.84. The van der Waals surface area contributed by atoms with Crippen LogP contribution >= 0.6 is 23.2 Å². The summed E-state index contributed by atoms with van der Waals surface area (Å²) in [6.45, 7) is 2.18.